The Bertz CT molecular complexity index is 587. The molecule has 22 heavy (non-hydrogen) atoms. The monoisotopic (exact) mass is 316 g/mol. The summed E-state index contributed by atoms with van der Waals surface area (Å²) in [7, 11) is 0. The Labute approximate surface area is 127 Å². The number of amides is 1. The molecule has 1 amide bonds. The number of amidine groups is 1. The van der Waals surface area contributed by atoms with Gasteiger partial charge in [0.15, 0.2) is 0 Å². The van der Waals surface area contributed by atoms with E-state index in [1.165, 1.54) is 33.8 Å². The molecule has 0 aliphatic carbocycles. The summed E-state index contributed by atoms with van der Waals surface area (Å²) in [6.45, 7) is 6.04. The molecule has 0 spiro atoms. The smallest absolute Gasteiger partial charge is 0.390 e. The number of aryl methyl sites for hydroxylation is 1. The first-order valence-corrected chi connectivity index (χ1v) is 6.64. The molecule has 1 aromatic rings. The quantitative estimate of drug-likeness (QED) is 0.663. The SMILES string of the molecule is CC(=Nc1ccc(C(F)(F)F)cc1C)NC(=O)CC(C)(C)O. The molecule has 0 saturated heterocycles. The fraction of sp³-hybridized carbons (Fsp3) is 0.467. The highest BCUT2D eigenvalue weighted by molar-refractivity contribution is 5.98. The van der Waals surface area contributed by atoms with Gasteiger partial charge in [-0.1, -0.05) is 0 Å². The molecule has 0 aliphatic rings. The van der Waals surface area contributed by atoms with Crippen LogP contribution in [0.4, 0.5) is 18.9 Å². The third-order valence-corrected chi connectivity index (χ3v) is 2.73. The number of hydrogen-bond acceptors (Lipinski definition) is 3. The summed E-state index contributed by atoms with van der Waals surface area (Å²) in [4.78, 5) is 15.7. The summed E-state index contributed by atoms with van der Waals surface area (Å²) in [6.07, 6.45) is -4.51. The van der Waals surface area contributed by atoms with E-state index < -0.39 is 23.2 Å². The van der Waals surface area contributed by atoms with Gasteiger partial charge in [0.05, 0.1) is 23.3 Å². The number of nitrogens with one attached hydrogen (secondary N) is 1. The molecule has 0 unspecified atom stereocenters. The second kappa shape index (κ2) is 6.48. The Morgan fingerprint density at radius 2 is 1.91 bits per heavy atom. The van der Waals surface area contributed by atoms with Crippen LogP contribution in [0.1, 0.15) is 38.3 Å². The Morgan fingerprint density at radius 1 is 1.32 bits per heavy atom. The normalized spacial score (nSPS) is 13.2. The highest BCUT2D eigenvalue weighted by atomic mass is 19.4. The molecular formula is C15H19F3N2O2. The summed E-state index contributed by atoms with van der Waals surface area (Å²) in [5, 5.41) is 12.0. The highest BCUT2D eigenvalue weighted by Crippen LogP contribution is 2.32. The minimum absolute atomic E-state index is 0.105. The summed E-state index contributed by atoms with van der Waals surface area (Å²) in [6, 6.07) is 3.20. The largest absolute Gasteiger partial charge is 0.416 e. The number of rotatable bonds is 3. The van der Waals surface area contributed by atoms with Crippen LogP contribution < -0.4 is 5.32 Å². The van der Waals surface area contributed by atoms with Crippen LogP contribution in [-0.2, 0) is 11.0 Å². The van der Waals surface area contributed by atoms with E-state index in [0.29, 0.717) is 11.3 Å². The predicted octanol–water partition coefficient (Wildman–Crippen LogP) is 3.34. The molecule has 4 nitrogen and oxygen atoms in total. The molecule has 0 saturated carbocycles. The van der Waals surface area contributed by atoms with Crippen molar-refractivity contribution in [1.82, 2.24) is 5.32 Å². The van der Waals surface area contributed by atoms with Crippen LogP contribution in [0.15, 0.2) is 23.2 Å². The number of benzene rings is 1. The molecule has 0 radical (unpaired) electrons. The van der Waals surface area contributed by atoms with E-state index in [9.17, 15) is 23.1 Å². The third-order valence-electron chi connectivity index (χ3n) is 2.73. The third kappa shape index (κ3) is 5.85. The average molecular weight is 316 g/mol. The minimum Gasteiger partial charge on any atom is -0.390 e. The number of aliphatic hydroxyl groups is 1. The predicted molar refractivity (Wildman–Crippen MR) is 78.0 cm³/mol. The van der Waals surface area contributed by atoms with Crippen LogP contribution in [0.5, 0.6) is 0 Å². The van der Waals surface area contributed by atoms with Crippen LogP contribution >= 0.6 is 0 Å². The van der Waals surface area contributed by atoms with Gasteiger partial charge in [-0.25, -0.2) is 4.99 Å². The van der Waals surface area contributed by atoms with Gasteiger partial charge in [-0.15, -0.1) is 0 Å². The van der Waals surface area contributed by atoms with Gasteiger partial charge in [-0.3, -0.25) is 4.79 Å². The highest BCUT2D eigenvalue weighted by Gasteiger charge is 2.30. The maximum absolute atomic E-state index is 12.6. The zero-order valence-electron chi connectivity index (χ0n) is 12.9. The number of nitrogens with zero attached hydrogens (tertiary/aromatic N) is 1. The lowest BCUT2D eigenvalue weighted by molar-refractivity contribution is -0.137. The van der Waals surface area contributed by atoms with Crippen molar-refractivity contribution in [3.05, 3.63) is 29.3 Å². The Kier molecular flexibility index (Phi) is 5.35. The lowest BCUT2D eigenvalue weighted by Gasteiger charge is -2.16. The number of hydrogen-bond donors (Lipinski definition) is 2. The summed E-state index contributed by atoms with van der Waals surface area (Å²) in [5.74, 6) is -0.171. The molecule has 0 aromatic heterocycles. The van der Waals surface area contributed by atoms with Crippen LogP contribution in [-0.4, -0.2) is 22.5 Å². The summed E-state index contributed by atoms with van der Waals surface area (Å²) in [5.41, 5.74) is -1.19. The second-order valence-electron chi connectivity index (χ2n) is 5.73. The van der Waals surface area contributed by atoms with E-state index in [0.717, 1.165) is 12.1 Å². The van der Waals surface area contributed by atoms with Crippen LogP contribution in [0, 0.1) is 6.92 Å². The molecule has 1 rings (SSSR count). The molecule has 0 bridgehead atoms. The molecule has 122 valence electrons. The second-order valence-corrected chi connectivity index (χ2v) is 5.73. The minimum atomic E-state index is -4.40. The standard InChI is InChI=1S/C15H19F3N2O2/c1-9-7-11(15(16,17)18)5-6-12(9)19-10(2)20-13(21)8-14(3,4)22/h5-7,22H,8H2,1-4H3,(H,19,20,21). The van der Waals surface area contributed by atoms with Crippen molar-refractivity contribution in [3.63, 3.8) is 0 Å². The first-order chi connectivity index (χ1) is 9.88. The zero-order valence-corrected chi connectivity index (χ0v) is 12.9. The van der Waals surface area contributed by atoms with Gasteiger partial charge < -0.3 is 10.4 Å². The first-order valence-electron chi connectivity index (χ1n) is 6.64. The fourth-order valence-corrected chi connectivity index (χ4v) is 1.80. The molecule has 0 aliphatic heterocycles. The van der Waals surface area contributed by atoms with Crippen LogP contribution in [0.2, 0.25) is 0 Å². The number of alkyl halides is 3. The van der Waals surface area contributed by atoms with Gasteiger partial charge in [0.25, 0.3) is 0 Å². The van der Waals surface area contributed by atoms with E-state index >= 15 is 0 Å². The van der Waals surface area contributed by atoms with Gasteiger partial charge in [-0.05, 0) is 51.5 Å². The van der Waals surface area contributed by atoms with Crippen molar-refractivity contribution >= 4 is 17.4 Å². The van der Waals surface area contributed by atoms with E-state index in [2.05, 4.69) is 10.3 Å². The number of aliphatic imine (C=N–C) groups is 1. The molecule has 2 N–H and O–H groups in total. The maximum atomic E-state index is 12.6. The van der Waals surface area contributed by atoms with Crippen molar-refractivity contribution in [3.8, 4) is 0 Å². The van der Waals surface area contributed by atoms with Crippen molar-refractivity contribution in [2.45, 2.75) is 45.9 Å². The number of carbonyl (C=O) groups is 1. The lowest BCUT2D eigenvalue weighted by atomic mass is 10.1. The average Bonchev–Trinajstić information content (AvgIpc) is 2.27. The lowest BCUT2D eigenvalue weighted by Crippen LogP contribution is -2.34. The summed E-state index contributed by atoms with van der Waals surface area (Å²) >= 11 is 0. The van der Waals surface area contributed by atoms with Crippen LogP contribution in [0.25, 0.3) is 0 Å². The maximum Gasteiger partial charge on any atom is 0.416 e. The molecule has 7 heteroatoms. The van der Waals surface area contributed by atoms with E-state index in [1.54, 1.807) is 0 Å². The zero-order chi connectivity index (χ0) is 17.1. The summed E-state index contributed by atoms with van der Waals surface area (Å²) < 4.78 is 37.7. The van der Waals surface area contributed by atoms with Gasteiger partial charge in [0.2, 0.25) is 5.91 Å². The number of halogens is 3. The van der Waals surface area contributed by atoms with Crippen molar-refractivity contribution in [2.24, 2.45) is 4.99 Å². The Balaban J connectivity index is 2.87. The number of carbonyl (C=O) groups excluding carboxylic acids is 1. The Morgan fingerprint density at radius 3 is 2.36 bits per heavy atom. The van der Waals surface area contributed by atoms with Crippen molar-refractivity contribution in [1.29, 1.82) is 0 Å². The van der Waals surface area contributed by atoms with Crippen LogP contribution in [0.3, 0.4) is 0 Å². The van der Waals surface area contributed by atoms with Gasteiger partial charge >= 0.3 is 6.18 Å². The first kappa shape index (κ1) is 18.2. The molecule has 1 aromatic carbocycles. The van der Waals surface area contributed by atoms with E-state index in [4.69, 9.17) is 0 Å². The molecular weight excluding hydrogens is 297 g/mol. The van der Waals surface area contributed by atoms with Crippen molar-refractivity contribution < 1.29 is 23.1 Å². The molecule has 0 atom stereocenters. The van der Waals surface area contributed by atoms with E-state index in [-0.39, 0.29) is 12.3 Å². The molecule has 0 fully saturated rings. The molecule has 0 heterocycles. The van der Waals surface area contributed by atoms with Gasteiger partial charge in [0, 0.05) is 0 Å². The van der Waals surface area contributed by atoms with Gasteiger partial charge in [0.1, 0.15) is 5.84 Å². The Hall–Kier alpha value is -1.89. The van der Waals surface area contributed by atoms with Gasteiger partial charge in [-0.2, -0.15) is 13.2 Å². The fourth-order valence-electron chi connectivity index (χ4n) is 1.80. The van der Waals surface area contributed by atoms with Crippen molar-refractivity contribution in [2.75, 3.05) is 0 Å². The van der Waals surface area contributed by atoms with E-state index in [1.807, 2.05) is 0 Å². The topological polar surface area (TPSA) is 61.7 Å².